The van der Waals surface area contributed by atoms with Crippen LogP contribution in [-0.4, -0.2) is 31.6 Å². The van der Waals surface area contributed by atoms with E-state index in [1.54, 1.807) is 7.11 Å². The number of carbonyl (C=O) groups excluding carboxylic acids is 1. The molecule has 0 amide bonds. The van der Waals surface area contributed by atoms with E-state index < -0.39 is 0 Å². The summed E-state index contributed by atoms with van der Waals surface area (Å²) in [5.41, 5.74) is -0.259. The molecule has 1 fully saturated rings. The molecule has 0 aromatic carbocycles. The number of nitrogens with one attached hydrogen (secondary N) is 1. The molecule has 0 radical (unpaired) electrons. The average molecular weight is 185 g/mol. The molecular weight excluding hydrogens is 166 g/mol. The Hall–Kier alpha value is -0.410. The van der Waals surface area contributed by atoms with E-state index in [0.29, 0.717) is 0 Å². The molecule has 1 rings (SSSR count). The van der Waals surface area contributed by atoms with Gasteiger partial charge in [-0.3, -0.25) is 4.79 Å². The zero-order chi connectivity index (χ0) is 9.73. The molecule has 1 unspecified atom stereocenters. The Labute approximate surface area is 79.8 Å². The van der Waals surface area contributed by atoms with Crippen LogP contribution in [0.2, 0.25) is 0 Å². The zero-order valence-electron chi connectivity index (χ0n) is 8.56. The fourth-order valence-corrected chi connectivity index (χ4v) is 2.09. The minimum Gasteiger partial charge on any atom is -0.377 e. The summed E-state index contributed by atoms with van der Waals surface area (Å²) in [4.78, 5) is 11.8. The monoisotopic (exact) mass is 185 g/mol. The molecular formula is C10H19NO2. The fourth-order valence-electron chi connectivity index (χ4n) is 2.09. The number of ketones is 1. The van der Waals surface area contributed by atoms with E-state index in [1.807, 2.05) is 0 Å². The molecule has 1 heterocycles. The van der Waals surface area contributed by atoms with Crippen LogP contribution in [0.3, 0.4) is 0 Å². The summed E-state index contributed by atoms with van der Waals surface area (Å²) in [6, 6.07) is 0. The van der Waals surface area contributed by atoms with Gasteiger partial charge in [-0.1, -0.05) is 13.3 Å². The van der Waals surface area contributed by atoms with Crippen LogP contribution in [0, 0.1) is 0 Å². The number of hydrogen-bond donors (Lipinski definition) is 1. The van der Waals surface area contributed by atoms with Crippen LogP contribution in [0.1, 0.15) is 32.6 Å². The van der Waals surface area contributed by atoms with Gasteiger partial charge in [0.15, 0.2) is 5.78 Å². The van der Waals surface area contributed by atoms with Gasteiger partial charge >= 0.3 is 0 Å². The Balaban J connectivity index is 2.60. The van der Waals surface area contributed by atoms with Crippen molar-refractivity contribution in [2.75, 3.05) is 20.3 Å². The Morgan fingerprint density at radius 3 is 2.85 bits per heavy atom. The molecule has 0 aromatic rings. The maximum absolute atomic E-state index is 11.8. The van der Waals surface area contributed by atoms with Crippen LogP contribution in [0.5, 0.6) is 0 Å². The molecule has 0 spiro atoms. The van der Waals surface area contributed by atoms with E-state index in [-0.39, 0.29) is 17.9 Å². The molecule has 1 N–H and O–H groups in total. The molecule has 0 saturated carbocycles. The largest absolute Gasteiger partial charge is 0.377 e. The lowest BCUT2D eigenvalue weighted by Gasteiger charge is -2.27. The van der Waals surface area contributed by atoms with Crippen molar-refractivity contribution in [2.24, 2.45) is 0 Å². The lowest BCUT2D eigenvalue weighted by Crippen LogP contribution is -2.49. The second-order valence-electron chi connectivity index (χ2n) is 3.72. The molecule has 3 heteroatoms. The SMILES string of the molecule is CCCC1(C(=O)COC)CCCN1. The van der Waals surface area contributed by atoms with E-state index >= 15 is 0 Å². The standard InChI is InChI=1S/C10H19NO2/c1-3-5-10(6-4-7-11-10)9(12)8-13-2/h11H,3-8H2,1-2H3. The maximum atomic E-state index is 11.8. The highest BCUT2D eigenvalue weighted by Crippen LogP contribution is 2.25. The molecule has 3 nitrogen and oxygen atoms in total. The van der Waals surface area contributed by atoms with E-state index in [1.165, 1.54) is 0 Å². The molecule has 13 heavy (non-hydrogen) atoms. The second-order valence-corrected chi connectivity index (χ2v) is 3.72. The van der Waals surface area contributed by atoms with E-state index in [4.69, 9.17) is 4.74 Å². The van der Waals surface area contributed by atoms with E-state index in [0.717, 1.165) is 32.2 Å². The van der Waals surface area contributed by atoms with Gasteiger partial charge in [0.2, 0.25) is 0 Å². The number of ether oxygens (including phenoxy) is 1. The molecule has 1 atom stereocenters. The first-order chi connectivity index (χ1) is 6.25. The van der Waals surface area contributed by atoms with Gasteiger partial charge in [-0.2, -0.15) is 0 Å². The topological polar surface area (TPSA) is 38.3 Å². The van der Waals surface area contributed by atoms with Gasteiger partial charge in [0.25, 0.3) is 0 Å². The Bertz CT molecular complexity index is 174. The van der Waals surface area contributed by atoms with Crippen molar-refractivity contribution < 1.29 is 9.53 Å². The summed E-state index contributed by atoms with van der Waals surface area (Å²) >= 11 is 0. The third kappa shape index (κ3) is 2.29. The van der Waals surface area contributed by atoms with E-state index in [9.17, 15) is 4.79 Å². The average Bonchev–Trinajstić information content (AvgIpc) is 2.55. The van der Waals surface area contributed by atoms with Crippen LogP contribution in [-0.2, 0) is 9.53 Å². The van der Waals surface area contributed by atoms with Crippen LogP contribution in [0.25, 0.3) is 0 Å². The molecule has 1 aliphatic rings. The third-order valence-corrected chi connectivity index (χ3v) is 2.73. The smallest absolute Gasteiger partial charge is 0.178 e. The van der Waals surface area contributed by atoms with Crippen molar-refractivity contribution in [3.05, 3.63) is 0 Å². The quantitative estimate of drug-likeness (QED) is 0.697. The van der Waals surface area contributed by atoms with Crippen molar-refractivity contribution in [3.63, 3.8) is 0 Å². The number of hydrogen-bond acceptors (Lipinski definition) is 3. The van der Waals surface area contributed by atoms with Crippen molar-refractivity contribution >= 4 is 5.78 Å². The predicted molar refractivity (Wildman–Crippen MR) is 51.8 cm³/mol. The van der Waals surface area contributed by atoms with Crippen LogP contribution in [0.4, 0.5) is 0 Å². The van der Waals surface area contributed by atoms with Crippen molar-refractivity contribution in [3.8, 4) is 0 Å². The van der Waals surface area contributed by atoms with Gasteiger partial charge in [-0.15, -0.1) is 0 Å². The molecule has 1 saturated heterocycles. The van der Waals surface area contributed by atoms with Gasteiger partial charge in [-0.05, 0) is 25.8 Å². The zero-order valence-corrected chi connectivity index (χ0v) is 8.56. The molecule has 1 aliphatic heterocycles. The first-order valence-corrected chi connectivity index (χ1v) is 5.02. The minimum atomic E-state index is -0.259. The minimum absolute atomic E-state index is 0.217. The molecule has 0 bridgehead atoms. The maximum Gasteiger partial charge on any atom is 0.178 e. The lowest BCUT2D eigenvalue weighted by molar-refractivity contribution is -0.129. The van der Waals surface area contributed by atoms with Gasteiger partial charge in [0.1, 0.15) is 6.61 Å². The summed E-state index contributed by atoms with van der Waals surface area (Å²) in [5.74, 6) is 0.217. The number of methoxy groups -OCH3 is 1. The number of Topliss-reactive ketones (excluding diaryl/α,β-unsaturated/α-hetero) is 1. The van der Waals surface area contributed by atoms with Gasteiger partial charge in [0.05, 0.1) is 5.54 Å². The van der Waals surface area contributed by atoms with Crippen molar-refractivity contribution in [1.29, 1.82) is 0 Å². The lowest BCUT2D eigenvalue weighted by atomic mass is 9.87. The van der Waals surface area contributed by atoms with Crippen LogP contribution >= 0.6 is 0 Å². The highest BCUT2D eigenvalue weighted by Gasteiger charge is 2.39. The number of carbonyl (C=O) groups is 1. The van der Waals surface area contributed by atoms with Crippen molar-refractivity contribution in [2.45, 2.75) is 38.1 Å². The van der Waals surface area contributed by atoms with Gasteiger partial charge in [0, 0.05) is 7.11 Å². The summed E-state index contributed by atoms with van der Waals surface area (Å²) in [7, 11) is 1.58. The first-order valence-electron chi connectivity index (χ1n) is 5.02. The Kier molecular flexibility index (Phi) is 3.88. The van der Waals surface area contributed by atoms with E-state index in [2.05, 4.69) is 12.2 Å². The summed E-state index contributed by atoms with van der Waals surface area (Å²) in [6.45, 7) is 3.32. The molecule has 76 valence electrons. The first kappa shape index (κ1) is 10.7. The highest BCUT2D eigenvalue weighted by molar-refractivity contribution is 5.89. The summed E-state index contributed by atoms with van der Waals surface area (Å²) in [5, 5.41) is 3.33. The van der Waals surface area contributed by atoms with Crippen molar-refractivity contribution in [1.82, 2.24) is 5.32 Å². The second kappa shape index (κ2) is 4.72. The third-order valence-electron chi connectivity index (χ3n) is 2.73. The van der Waals surface area contributed by atoms with Gasteiger partial charge < -0.3 is 10.1 Å². The Morgan fingerprint density at radius 1 is 1.62 bits per heavy atom. The molecule has 0 aliphatic carbocycles. The van der Waals surface area contributed by atoms with Crippen LogP contribution in [0.15, 0.2) is 0 Å². The predicted octanol–water partition coefficient (Wildman–Crippen LogP) is 1.12. The summed E-state index contributed by atoms with van der Waals surface area (Å²) in [6.07, 6.45) is 4.07. The fraction of sp³-hybridized carbons (Fsp3) is 0.900. The van der Waals surface area contributed by atoms with Gasteiger partial charge in [-0.25, -0.2) is 0 Å². The molecule has 0 aromatic heterocycles. The Morgan fingerprint density at radius 2 is 2.38 bits per heavy atom. The summed E-state index contributed by atoms with van der Waals surface area (Å²) < 4.78 is 4.90. The highest BCUT2D eigenvalue weighted by atomic mass is 16.5. The van der Waals surface area contributed by atoms with Crippen LogP contribution < -0.4 is 5.32 Å². The normalized spacial score (nSPS) is 27.8. The number of rotatable bonds is 5.